The van der Waals surface area contributed by atoms with E-state index in [1.807, 2.05) is 48.5 Å². The Hall–Kier alpha value is -2.97. The molecule has 5 nitrogen and oxygen atoms in total. The highest BCUT2D eigenvalue weighted by Gasteiger charge is 2.11. The van der Waals surface area contributed by atoms with Gasteiger partial charge >= 0.3 is 6.03 Å². The number of hydrogen-bond acceptors (Lipinski definition) is 3. The van der Waals surface area contributed by atoms with Gasteiger partial charge in [0, 0.05) is 5.56 Å². The van der Waals surface area contributed by atoms with E-state index in [2.05, 4.69) is 11.8 Å². The van der Waals surface area contributed by atoms with Crippen molar-refractivity contribution in [2.75, 3.05) is 0 Å². The van der Waals surface area contributed by atoms with Crippen molar-refractivity contribution in [3.63, 3.8) is 0 Å². The summed E-state index contributed by atoms with van der Waals surface area (Å²) in [7, 11) is 0. The maximum absolute atomic E-state index is 10.8. The molecule has 3 N–H and O–H groups in total. The average Bonchev–Trinajstić information content (AvgIpc) is 2.58. The SMILES string of the molecule is CC(C#Cc1cccc(OCc2ccccc2)c1)N(O)C(N)=O. The lowest BCUT2D eigenvalue weighted by Crippen LogP contribution is -2.38. The summed E-state index contributed by atoms with van der Waals surface area (Å²) >= 11 is 0. The van der Waals surface area contributed by atoms with Crippen LogP contribution in [0.1, 0.15) is 18.1 Å². The van der Waals surface area contributed by atoms with Crippen LogP contribution in [0.25, 0.3) is 0 Å². The summed E-state index contributed by atoms with van der Waals surface area (Å²) in [4.78, 5) is 10.8. The first-order chi connectivity index (χ1) is 11.1. The molecule has 0 aliphatic carbocycles. The Morgan fingerprint density at radius 1 is 1.26 bits per heavy atom. The topological polar surface area (TPSA) is 75.8 Å². The van der Waals surface area contributed by atoms with E-state index in [0.29, 0.717) is 17.4 Å². The van der Waals surface area contributed by atoms with Gasteiger partial charge in [0.25, 0.3) is 0 Å². The molecule has 5 heteroatoms. The van der Waals surface area contributed by atoms with Gasteiger partial charge in [-0.3, -0.25) is 5.21 Å². The van der Waals surface area contributed by atoms with Crippen LogP contribution in [0.5, 0.6) is 5.75 Å². The molecule has 0 saturated carbocycles. The minimum atomic E-state index is -0.938. The second kappa shape index (κ2) is 7.87. The van der Waals surface area contributed by atoms with Crippen molar-refractivity contribution < 1.29 is 14.7 Å². The van der Waals surface area contributed by atoms with E-state index in [4.69, 9.17) is 10.5 Å². The van der Waals surface area contributed by atoms with Crippen LogP contribution in [0.4, 0.5) is 4.79 Å². The third-order valence-corrected chi connectivity index (χ3v) is 3.10. The van der Waals surface area contributed by atoms with Gasteiger partial charge in [-0.05, 0) is 30.7 Å². The molecule has 0 radical (unpaired) electrons. The van der Waals surface area contributed by atoms with Crippen molar-refractivity contribution in [2.45, 2.75) is 19.6 Å². The second-order valence-electron chi connectivity index (χ2n) is 4.93. The van der Waals surface area contributed by atoms with Gasteiger partial charge in [0.1, 0.15) is 18.4 Å². The molecule has 0 spiro atoms. The average molecular weight is 310 g/mol. The Labute approximate surface area is 135 Å². The summed E-state index contributed by atoms with van der Waals surface area (Å²) in [6.45, 7) is 2.05. The van der Waals surface area contributed by atoms with Crippen molar-refractivity contribution in [1.82, 2.24) is 5.06 Å². The molecule has 2 rings (SSSR count). The number of primary amides is 1. The number of hydrogen-bond donors (Lipinski definition) is 2. The van der Waals surface area contributed by atoms with E-state index < -0.39 is 12.1 Å². The maximum atomic E-state index is 10.8. The predicted octanol–water partition coefficient (Wildman–Crippen LogP) is 2.78. The highest BCUT2D eigenvalue weighted by atomic mass is 16.5. The van der Waals surface area contributed by atoms with Crippen LogP contribution >= 0.6 is 0 Å². The van der Waals surface area contributed by atoms with Gasteiger partial charge in [-0.2, -0.15) is 5.06 Å². The number of urea groups is 1. The zero-order valence-corrected chi connectivity index (χ0v) is 12.8. The summed E-state index contributed by atoms with van der Waals surface area (Å²) < 4.78 is 5.72. The molecule has 1 unspecified atom stereocenters. The first kappa shape index (κ1) is 16.4. The number of nitrogens with two attached hydrogens (primary N) is 1. The van der Waals surface area contributed by atoms with Crippen LogP contribution in [0.3, 0.4) is 0 Å². The van der Waals surface area contributed by atoms with E-state index in [0.717, 1.165) is 11.1 Å². The van der Waals surface area contributed by atoms with Crippen LogP contribution in [0, 0.1) is 11.8 Å². The molecule has 118 valence electrons. The van der Waals surface area contributed by atoms with Crippen molar-refractivity contribution in [3.05, 3.63) is 65.7 Å². The zero-order chi connectivity index (χ0) is 16.7. The molecule has 2 amide bonds. The van der Waals surface area contributed by atoms with Gasteiger partial charge < -0.3 is 10.5 Å². The van der Waals surface area contributed by atoms with Crippen LogP contribution < -0.4 is 10.5 Å². The molecule has 0 aliphatic rings. The number of nitrogens with zero attached hydrogens (tertiary/aromatic N) is 1. The summed E-state index contributed by atoms with van der Waals surface area (Å²) in [6, 6.07) is 15.5. The molecule has 0 bridgehead atoms. The molecule has 0 aliphatic heterocycles. The van der Waals surface area contributed by atoms with Crippen molar-refractivity contribution in [1.29, 1.82) is 0 Å². The van der Waals surface area contributed by atoms with E-state index in [9.17, 15) is 10.0 Å². The van der Waals surface area contributed by atoms with Crippen molar-refractivity contribution in [3.8, 4) is 17.6 Å². The Morgan fingerprint density at radius 2 is 2.00 bits per heavy atom. The van der Waals surface area contributed by atoms with Crippen LogP contribution in [-0.2, 0) is 6.61 Å². The van der Waals surface area contributed by atoms with Gasteiger partial charge in [-0.25, -0.2) is 4.79 Å². The van der Waals surface area contributed by atoms with Crippen LogP contribution in [-0.4, -0.2) is 22.3 Å². The van der Waals surface area contributed by atoms with Crippen molar-refractivity contribution in [2.24, 2.45) is 5.73 Å². The first-order valence-corrected chi connectivity index (χ1v) is 7.12. The molecule has 0 heterocycles. The van der Waals surface area contributed by atoms with E-state index >= 15 is 0 Å². The highest BCUT2D eigenvalue weighted by Crippen LogP contribution is 2.14. The number of amides is 2. The van der Waals surface area contributed by atoms with Crippen LogP contribution in [0.15, 0.2) is 54.6 Å². The van der Waals surface area contributed by atoms with E-state index in [1.54, 1.807) is 13.0 Å². The zero-order valence-electron chi connectivity index (χ0n) is 12.8. The number of benzene rings is 2. The predicted molar refractivity (Wildman–Crippen MR) is 86.8 cm³/mol. The molecule has 2 aromatic rings. The summed E-state index contributed by atoms with van der Waals surface area (Å²) in [5, 5.41) is 9.76. The number of rotatable bonds is 4. The van der Waals surface area contributed by atoms with Crippen LogP contribution in [0.2, 0.25) is 0 Å². The monoisotopic (exact) mass is 310 g/mol. The Morgan fingerprint density at radius 3 is 2.70 bits per heavy atom. The minimum Gasteiger partial charge on any atom is -0.489 e. The first-order valence-electron chi connectivity index (χ1n) is 7.12. The van der Waals surface area contributed by atoms with Gasteiger partial charge in [-0.15, -0.1) is 0 Å². The van der Waals surface area contributed by atoms with Gasteiger partial charge in [0.15, 0.2) is 0 Å². The van der Waals surface area contributed by atoms with Gasteiger partial charge in [-0.1, -0.05) is 48.2 Å². The lowest BCUT2D eigenvalue weighted by molar-refractivity contribution is -0.0536. The standard InChI is InChI=1S/C18H18N2O3/c1-14(20(22)18(19)21)10-11-15-8-5-9-17(12-15)23-13-16-6-3-2-4-7-16/h2-9,12,14,22H,13H2,1H3,(H2,19,21). The van der Waals surface area contributed by atoms with Gasteiger partial charge in [0.2, 0.25) is 0 Å². The fourth-order valence-electron chi connectivity index (χ4n) is 1.84. The Balaban J connectivity index is 2.01. The Bertz CT molecular complexity index is 720. The summed E-state index contributed by atoms with van der Waals surface area (Å²) in [5.74, 6) is 6.33. The number of carbonyl (C=O) groups is 1. The smallest absolute Gasteiger partial charge is 0.339 e. The molecular formula is C18H18N2O3. The van der Waals surface area contributed by atoms with Crippen molar-refractivity contribution >= 4 is 6.03 Å². The third kappa shape index (κ3) is 5.06. The highest BCUT2D eigenvalue weighted by molar-refractivity contribution is 5.71. The third-order valence-electron chi connectivity index (χ3n) is 3.10. The summed E-state index contributed by atoms with van der Waals surface area (Å²) in [6.07, 6.45) is 0. The quantitative estimate of drug-likeness (QED) is 0.518. The molecule has 2 aromatic carbocycles. The molecule has 1 atom stereocenters. The molecule has 0 aromatic heterocycles. The number of hydroxylamine groups is 2. The van der Waals surface area contributed by atoms with E-state index in [-0.39, 0.29) is 0 Å². The maximum Gasteiger partial charge on any atom is 0.339 e. The second-order valence-corrected chi connectivity index (χ2v) is 4.93. The molecular weight excluding hydrogens is 292 g/mol. The lowest BCUT2D eigenvalue weighted by Gasteiger charge is -2.14. The summed E-state index contributed by atoms with van der Waals surface area (Å²) in [5.41, 5.74) is 6.78. The van der Waals surface area contributed by atoms with E-state index in [1.165, 1.54) is 0 Å². The molecule has 0 fully saturated rings. The van der Waals surface area contributed by atoms with Gasteiger partial charge in [0.05, 0.1) is 0 Å². The largest absolute Gasteiger partial charge is 0.489 e. The molecule has 23 heavy (non-hydrogen) atoms. The normalized spacial score (nSPS) is 11.0. The minimum absolute atomic E-state index is 0.392. The Kier molecular flexibility index (Phi) is 5.61. The fourth-order valence-corrected chi connectivity index (χ4v) is 1.84. The molecule has 0 saturated heterocycles. The fraction of sp³-hybridized carbons (Fsp3) is 0.167. The number of carbonyl (C=O) groups excluding carboxylic acids is 1. The number of ether oxygens (including phenoxy) is 1. The lowest BCUT2D eigenvalue weighted by atomic mass is 10.2.